The number of carbonyl (C=O) groups is 1. The molecule has 6 nitrogen and oxygen atoms in total. The normalized spacial score (nSPS) is 23.2. The van der Waals surface area contributed by atoms with Gasteiger partial charge in [-0.25, -0.2) is 4.79 Å². The van der Waals surface area contributed by atoms with E-state index in [0.717, 1.165) is 42.0 Å². The second kappa shape index (κ2) is 10.0. The molecule has 200 valence electrons. The van der Waals surface area contributed by atoms with Gasteiger partial charge in [0.2, 0.25) is 0 Å². The molecule has 3 aliphatic rings. The number of aliphatic hydroxyl groups is 2. The summed E-state index contributed by atoms with van der Waals surface area (Å²) in [5.74, 6) is -0.965. The maximum absolute atomic E-state index is 11.5. The third-order valence-electron chi connectivity index (χ3n) is 8.50. The lowest BCUT2D eigenvalue weighted by atomic mass is 9.89. The van der Waals surface area contributed by atoms with E-state index in [1.807, 2.05) is 6.08 Å². The molecule has 6 heteroatoms. The maximum atomic E-state index is 11.5. The number of aromatic nitrogens is 1. The van der Waals surface area contributed by atoms with E-state index in [4.69, 9.17) is 0 Å². The Labute approximate surface area is 228 Å². The van der Waals surface area contributed by atoms with E-state index in [-0.39, 0.29) is 11.5 Å². The average Bonchev–Trinajstić information content (AvgIpc) is 3.41. The van der Waals surface area contributed by atoms with E-state index >= 15 is 0 Å². The van der Waals surface area contributed by atoms with E-state index in [1.54, 1.807) is 6.08 Å². The molecule has 3 aliphatic carbocycles. The minimum absolute atomic E-state index is 0.00498. The van der Waals surface area contributed by atoms with Crippen molar-refractivity contribution < 1.29 is 20.1 Å². The van der Waals surface area contributed by atoms with E-state index in [9.17, 15) is 20.1 Å². The number of aliphatic hydroxyl groups excluding tert-OH is 2. The monoisotopic (exact) mass is 522 g/mol. The van der Waals surface area contributed by atoms with Gasteiger partial charge in [-0.1, -0.05) is 30.4 Å². The van der Waals surface area contributed by atoms with Crippen molar-refractivity contribution in [3.05, 3.63) is 100 Å². The van der Waals surface area contributed by atoms with Gasteiger partial charge in [-0.2, -0.15) is 0 Å². The predicted molar refractivity (Wildman–Crippen MR) is 155 cm³/mol. The number of rotatable bonds is 6. The molecule has 0 bridgehead atoms. The number of anilines is 1. The molecule has 0 fully saturated rings. The zero-order chi connectivity index (χ0) is 27.3. The smallest absolute Gasteiger partial charge is 0.331 e. The van der Waals surface area contributed by atoms with Crippen LogP contribution in [-0.2, 0) is 11.2 Å². The highest BCUT2D eigenvalue weighted by molar-refractivity contribution is 5.91. The van der Waals surface area contributed by atoms with Crippen LogP contribution in [-0.4, -0.2) is 51.2 Å². The highest BCUT2D eigenvalue weighted by Crippen LogP contribution is 2.42. The van der Waals surface area contributed by atoms with Crippen molar-refractivity contribution in [1.82, 2.24) is 4.57 Å². The third kappa shape index (κ3) is 4.24. The van der Waals surface area contributed by atoms with E-state index < -0.39 is 18.2 Å². The quantitative estimate of drug-likeness (QED) is 0.376. The molecule has 0 spiro atoms. The minimum atomic E-state index is -0.981. The van der Waals surface area contributed by atoms with Gasteiger partial charge in [0.15, 0.2) is 0 Å². The van der Waals surface area contributed by atoms with Gasteiger partial charge in [0.05, 0.1) is 11.6 Å². The first kappa shape index (κ1) is 25.4. The third-order valence-corrected chi connectivity index (χ3v) is 8.50. The van der Waals surface area contributed by atoms with Crippen LogP contribution >= 0.6 is 0 Å². The summed E-state index contributed by atoms with van der Waals surface area (Å²) in [5, 5.41) is 32.7. The molecule has 1 aromatic heterocycles. The second-order valence-corrected chi connectivity index (χ2v) is 10.6. The highest BCUT2D eigenvalue weighted by atomic mass is 16.4. The van der Waals surface area contributed by atoms with Crippen LogP contribution in [0.4, 0.5) is 5.69 Å². The summed E-state index contributed by atoms with van der Waals surface area (Å²) in [6.45, 7) is 6.28. The summed E-state index contributed by atoms with van der Waals surface area (Å²) in [6, 6.07) is 17.2. The molecule has 0 saturated heterocycles. The summed E-state index contributed by atoms with van der Waals surface area (Å²) in [5.41, 5.74) is 8.00. The molecule has 0 aliphatic heterocycles. The van der Waals surface area contributed by atoms with E-state index in [0.29, 0.717) is 24.0 Å². The van der Waals surface area contributed by atoms with Crippen LogP contribution in [0.15, 0.2) is 89.1 Å². The molecule has 3 N–H and O–H groups in total. The first-order chi connectivity index (χ1) is 18.9. The number of para-hydroxylation sites is 1. The summed E-state index contributed by atoms with van der Waals surface area (Å²) in [4.78, 5) is 13.8. The van der Waals surface area contributed by atoms with Crippen molar-refractivity contribution in [3.63, 3.8) is 0 Å². The summed E-state index contributed by atoms with van der Waals surface area (Å²) in [7, 11) is 0. The predicted octanol–water partition coefficient (Wildman–Crippen LogP) is 5.43. The first-order valence-corrected chi connectivity index (χ1v) is 13.8. The lowest BCUT2D eigenvalue weighted by molar-refractivity contribution is -0.132. The Morgan fingerprint density at radius 1 is 1.03 bits per heavy atom. The van der Waals surface area contributed by atoms with Crippen molar-refractivity contribution in [2.45, 2.75) is 45.3 Å². The SMILES string of the molecule is CCN(CC)c1ccc(-n2c3c(c4ccccc42)CC(/C=C2/C(O)C4=C(CCC(C(=O)O)=C4)C2O)C=C3)cc1. The summed E-state index contributed by atoms with van der Waals surface area (Å²) in [6.07, 6.45) is 7.54. The van der Waals surface area contributed by atoms with Gasteiger partial charge in [-0.15, -0.1) is 0 Å². The number of hydrogen-bond donors (Lipinski definition) is 3. The molecule has 3 atom stereocenters. The van der Waals surface area contributed by atoms with Crippen LogP contribution in [0, 0.1) is 5.92 Å². The Bertz CT molecular complexity index is 1570. The topological polar surface area (TPSA) is 85.9 Å². The number of benzene rings is 2. The molecule has 3 unspecified atom stereocenters. The fourth-order valence-electron chi connectivity index (χ4n) is 6.47. The largest absolute Gasteiger partial charge is 0.478 e. The molecular weight excluding hydrogens is 488 g/mol. The van der Waals surface area contributed by atoms with Crippen LogP contribution in [0.1, 0.15) is 37.9 Å². The van der Waals surface area contributed by atoms with Gasteiger partial charge in [0.25, 0.3) is 0 Å². The van der Waals surface area contributed by atoms with Gasteiger partial charge < -0.3 is 24.8 Å². The van der Waals surface area contributed by atoms with Gasteiger partial charge in [-0.3, -0.25) is 0 Å². The van der Waals surface area contributed by atoms with Crippen LogP contribution < -0.4 is 4.90 Å². The highest BCUT2D eigenvalue weighted by Gasteiger charge is 2.38. The van der Waals surface area contributed by atoms with Gasteiger partial charge in [0.1, 0.15) is 6.10 Å². The Balaban J connectivity index is 1.34. The van der Waals surface area contributed by atoms with Crippen molar-refractivity contribution >= 4 is 28.6 Å². The summed E-state index contributed by atoms with van der Waals surface area (Å²) < 4.78 is 2.31. The number of carboxylic acid groups (broad SMARTS) is 1. The Morgan fingerprint density at radius 2 is 1.77 bits per heavy atom. The molecule has 0 radical (unpaired) electrons. The number of fused-ring (bicyclic) bond motifs is 3. The number of allylic oxidation sites excluding steroid dienone is 2. The lowest BCUT2D eigenvalue weighted by Crippen LogP contribution is -2.21. The molecule has 0 amide bonds. The number of aliphatic carboxylic acids is 1. The van der Waals surface area contributed by atoms with Gasteiger partial charge in [-0.05, 0) is 104 Å². The van der Waals surface area contributed by atoms with E-state index in [2.05, 4.69) is 84.0 Å². The lowest BCUT2D eigenvalue weighted by Gasteiger charge is -2.22. The minimum Gasteiger partial charge on any atom is -0.478 e. The van der Waals surface area contributed by atoms with Crippen LogP contribution in [0.3, 0.4) is 0 Å². The van der Waals surface area contributed by atoms with Crippen LogP contribution in [0.25, 0.3) is 22.7 Å². The average molecular weight is 523 g/mol. The molecule has 3 aromatic rings. The summed E-state index contributed by atoms with van der Waals surface area (Å²) >= 11 is 0. The van der Waals surface area contributed by atoms with Crippen LogP contribution in [0.5, 0.6) is 0 Å². The first-order valence-electron chi connectivity index (χ1n) is 13.8. The Kier molecular flexibility index (Phi) is 6.53. The van der Waals surface area contributed by atoms with Crippen molar-refractivity contribution in [2.75, 3.05) is 18.0 Å². The zero-order valence-electron chi connectivity index (χ0n) is 22.3. The maximum Gasteiger partial charge on any atom is 0.331 e. The fraction of sp³-hybridized carbons (Fsp3) is 0.303. The molecular formula is C33H34N2O4. The number of nitrogens with zero attached hydrogens (tertiary/aromatic N) is 2. The number of hydrogen-bond acceptors (Lipinski definition) is 4. The van der Waals surface area contributed by atoms with Crippen molar-refractivity contribution in [1.29, 1.82) is 0 Å². The molecule has 0 saturated carbocycles. The molecule has 1 heterocycles. The van der Waals surface area contributed by atoms with Gasteiger partial charge >= 0.3 is 5.97 Å². The second-order valence-electron chi connectivity index (χ2n) is 10.6. The Morgan fingerprint density at radius 3 is 2.49 bits per heavy atom. The van der Waals surface area contributed by atoms with Crippen LogP contribution in [0.2, 0.25) is 0 Å². The standard InChI is InChI=1S/C33H34N2O4/c1-3-34(4-2)22-11-13-23(14-12-22)35-29-8-6-5-7-24(29)26-17-20(9-16-30(26)35)18-28-31(36)25-15-10-21(33(38)39)19-27(25)32(28)37/h5-9,11-14,16,18-20,31-32,36-37H,3-4,10,15,17H2,1-2H3,(H,38,39)/b28-18+. The Hall–Kier alpha value is -3.87. The van der Waals surface area contributed by atoms with Gasteiger partial charge in [0, 0.05) is 41.1 Å². The van der Waals surface area contributed by atoms with Crippen molar-refractivity contribution in [3.8, 4) is 5.69 Å². The van der Waals surface area contributed by atoms with Crippen molar-refractivity contribution in [2.24, 2.45) is 5.92 Å². The molecule has 2 aromatic carbocycles. The zero-order valence-corrected chi connectivity index (χ0v) is 22.3. The molecule has 39 heavy (non-hydrogen) atoms. The molecule has 6 rings (SSSR count). The number of carboxylic acids is 1. The van der Waals surface area contributed by atoms with E-state index in [1.165, 1.54) is 16.6 Å². The fourth-order valence-corrected chi connectivity index (χ4v) is 6.47.